The van der Waals surface area contributed by atoms with E-state index in [1.807, 2.05) is 61.5 Å². The Morgan fingerprint density at radius 1 is 0.614 bits per heavy atom. The molecule has 0 aromatic heterocycles. The molecule has 0 amide bonds. The van der Waals surface area contributed by atoms with Crippen LogP contribution in [0, 0.1) is 6.92 Å². The molecular formula is C41H38O3. The molecule has 0 radical (unpaired) electrons. The van der Waals surface area contributed by atoms with Crippen LogP contribution in [-0.2, 0) is 19.4 Å². The molecule has 0 aliphatic carbocycles. The fourth-order valence-corrected chi connectivity index (χ4v) is 5.61. The minimum absolute atomic E-state index is 0.0894. The lowest BCUT2D eigenvalue weighted by molar-refractivity contribution is 0.275. The first-order chi connectivity index (χ1) is 21.6. The van der Waals surface area contributed by atoms with Crippen molar-refractivity contribution in [2.45, 2.75) is 26.4 Å². The second kappa shape index (κ2) is 14.4. The molecule has 44 heavy (non-hydrogen) atoms. The van der Waals surface area contributed by atoms with E-state index in [2.05, 4.69) is 86.0 Å². The van der Waals surface area contributed by atoms with Crippen LogP contribution in [0.25, 0.3) is 11.1 Å². The van der Waals surface area contributed by atoms with Gasteiger partial charge in [0.25, 0.3) is 0 Å². The van der Waals surface area contributed by atoms with Gasteiger partial charge in [0.2, 0.25) is 0 Å². The van der Waals surface area contributed by atoms with Crippen LogP contribution in [0.4, 0.5) is 0 Å². The zero-order chi connectivity index (χ0) is 30.9. The molecule has 0 aliphatic rings. The maximum atomic E-state index is 10.0. The second-order valence-corrected chi connectivity index (χ2v) is 10.6. The second-order valence-electron chi connectivity index (χ2n) is 10.6. The lowest BCUT2D eigenvalue weighted by atomic mass is 9.84. The Kier molecular flexibility index (Phi) is 9.91. The Morgan fingerprint density at radius 2 is 1.14 bits per heavy atom. The van der Waals surface area contributed by atoms with Gasteiger partial charge in [0.15, 0.2) is 0 Å². The van der Waals surface area contributed by atoms with Crippen molar-refractivity contribution in [1.82, 2.24) is 0 Å². The fraction of sp³-hybridized carbons (Fsp3) is 0.122. The molecule has 3 nitrogen and oxygen atoms in total. The predicted molar refractivity (Wildman–Crippen MR) is 182 cm³/mol. The number of allylic oxidation sites excluding steroid dienone is 2. The van der Waals surface area contributed by atoms with Crippen molar-refractivity contribution in [3.63, 3.8) is 0 Å². The van der Waals surface area contributed by atoms with Crippen LogP contribution in [0.1, 0.15) is 44.5 Å². The summed E-state index contributed by atoms with van der Waals surface area (Å²) in [5.41, 5.74) is 10.4. The smallest absolute Gasteiger partial charge is 0.133 e. The maximum absolute atomic E-state index is 10.0. The average Bonchev–Trinajstić information content (AvgIpc) is 3.05. The molecule has 0 unspecified atom stereocenters. The summed E-state index contributed by atoms with van der Waals surface area (Å²) in [6.45, 7) is 9.90. The van der Waals surface area contributed by atoms with Crippen LogP contribution in [0.5, 0.6) is 17.2 Å². The highest BCUT2D eigenvalue weighted by Crippen LogP contribution is 2.40. The van der Waals surface area contributed by atoms with Crippen molar-refractivity contribution in [3.8, 4) is 17.2 Å². The number of hydrogen-bond acceptors (Lipinski definition) is 3. The highest BCUT2D eigenvalue weighted by atomic mass is 16.5. The number of aliphatic hydroxyl groups excluding tert-OH is 1. The lowest BCUT2D eigenvalue weighted by Crippen LogP contribution is -2.01. The Hall–Kier alpha value is -5.12. The van der Waals surface area contributed by atoms with E-state index in [0.717, 1.165) is 67.2 Å². The summed E-state index contributed by atoms with van der Waals surface area (Å²) in [4.78, 5) is 0. The summed E-state index contributed by atoms with van der Waals surface area (Å²) in [5.74, 6) is 2.23. The van der Waals surface area contributed by atoms with E-state index in [1.165, 1.54) is 0 Å². The first-order valence-electron chi connectivity index (χ1n) is 14.8. The Balaban J connectivity index is 1.78. The van der Waals surface area contributed by atoms with Gasteiger partial charge in [-0.15, -0.1) is 13.2 Å². The third-order valence-corrected chi connectivity index (χ3v) is 7.77. The summed E-state index contributed by atoms with van der Waals surface area (Å²) in [5, 5.41) is 10.0. The molecule has 0 bridgehead atoms. The molecule has 0 fully saturated rings. The maximum Gasteiger partial charge on any atom is 0.133 e. The van der Waals surface area contributed by atoms with Crippen molar-refractivity contribution in [2.24, 2.45) is 0 Å². The number of rotatable bonds is 12. The van der Waals surface area contributed by atoms with E-state index in [0.29, 0.717) is 18.6 Å². The van der Waals surface area contributed by atoms with E-state index in [9.17, 15) is 5.11 Å². The molecule has 0 spiro atoms. The van der Waals surface area contributed by atoms with Gasteiger partial charge in [-0.3, -0.25) is 0 Å². The Labute approximate surface area is 261 Å². The predicted octanol–water partition coefficient (Wildman–Crippen LogP) is 9.75. The molecule has 0 atom stereocenters. The Bertz CT molecular complexity index is 1780. The number of aliphatic hydroxyl groups is 1. The number of benzene rings is 5. The molecule has 220 valence electrons. The highest BCUT2D eigenvalue weighted by molar-refractivity contribution is 6.04. The van der Waals surface area contributed by atoms with Gasteiger partial charge in [-0.2, -0.15) is 0 Å². The van der Waals surface area contributed by atoms with Crippen molar-refractivity contribution in [3.05, 3.63) is 185 Å². The van der Waals surface area contributed by atoms with E-state index in [-0.39, 0.29) is 6.61 Å². The van der Waals surface area contributed by atoms with Gasteiger partial charge in [-0.1, -0.05) is 97.1 Å². The zero-order valence-corrected chi connectivity index (χ0v) is 25.4. The van der Waals surface area contributed by atoms with Gasteiger partial charge >= 0.3 is 0 Å². The minimum Gasteiger partial charge on any atom is -0.496 e. The molecular weight excluding hydrogens is 540 g/mol. The number of hydrogen-bond donors (Lipinski definition) is 1. The van der Waals surface area contributed by atoms with E-state index >= 15 is 0 Å². The van der Waals surface area contributed by atoms with Crippen LogP contribution in [0.15, 0.2) is 141 Å². The molecule has 3 heteroatoms. The largest absolute Gasteiger partial charge is 0.496 e. The van der Waals surface area contributed by atoms with E-state index in [4.69, 9.17) is 9.47 Å². The molecule has 5 rings (SSSR count). The van der Waals surface area contributed by atoms with Crippen molar-refractivity contribution >= 4 is 11.1 Å². The number of ether oxygens (including phenoxy) is 2. The topological polar surface area (TPSA) is 38.7 Å². The van der Waals surface area contributed by atoms with Gasteiger partial charge in [0, 0.05) is 5.56 Å². The summed E-state index contributed by atoms with van der Waals surface area (Å²) in [6.07, 6.45) is 5.12. The summed E-state index contributed by atoms with van der Waals surface area (Å²) < 4.78 is 12.1. The van der Waals surface area contributed by atoms with Crippen molar-refractivity contribution < 1.29 is 14.6 Å². The SMILES string of the molecule is C=CCc1cc(/C(=C(/c2ccccc2)c2ccc(Oc3cccc(C)c3CO)c(CC=C)c2)c2ccccc2)ccc1OC. The summed E-state index contributed by atoms with van der Waals surface area (Å²) in [6, 6.07) is 39.6. The van der Waals surface area contributed by atoms with Crippen LogP contribution in [0.3, 0.4) is 0 Å². The van der Waals surface area contributed by atoms with Crippen molar-refractivity contribution in [2.75, 3.05) is 7.11 Å². The molecule has 1 N–H and O–H groups in total. The van der Waals surface area contributed by atoms with E-state index in [1.54, 1.807) is 7.11 Å². The number of methoxy groups -OCH3 is 1. The van der Waals surface area contributed by atoms with E-state index < -0.39 is 0 Å². The molecule has 0 saturated heterocycles. The third kappa shape index (κ3) is 6.59. The van der Waals surface area contributed by atoms with Crippen molar-refractivity contribution in [1.29, 1.82) is 0 Å². The molecule has 5 aromatic carbocycles. The Morgan fingerprint density at radius 3 is 1.64 bits per heavy atom. The third-order valence-electron chi connectivity index (χ3n) is 7.77. The molecule has 5 aromatic rings. The van der Waals surface area contributed by atoms with Crippen LogP contribution in [-0.4, -0.2) is 12.2 Å². The van der Waals surface area contributed by atoms with Crippen LogP contribution >= 0.6 is 0 Å². The highest BCUT2D eigenvalue weighted by Gasteiger charge is 2.19. The normalized spacial score (nSPS) is 11.4. The van der Waals surface area contributed by atoms with Gasteiger partial charge in [-0.05, 0) is 100 Å². The standard InChI is InChI=1S/C41H38O3/c1-5-14-32-26-34(22-24-37(32)43-4)40(30-17-9-7-10-18-30)41(31-19-11-8-12-20-31)35-23-25-38(33(27-35)15-6-2)44-39-21-13-16-29(3)36(39)28-42/h5-13,16-27,42H,1-2,14-15,28H2,3-4H3/b41-40-. The lowest BCUT2D eigenvalue weighted by Gasteiger charge is -2.21. The fourth-order valence-electron chi connectivity index (χ4n) is 5.61. The zero-order valence-electron chi connectivity index (χ0n) is 25.4. The summed E-state index contributed by atoms with van der Waals surface area (Å²) >= 11 is 0. The first kappa shape index (κ1) is 30.3. The minimum atomic E-state index is -0.0894. The quantitative estimate of drug-likeness (QED) is 0.118. The first-order valence-corrected chi connectivity index (χ1v) is 14.8. The van der Waals surface area contributed by atoms with Gasteiger partial charge in [0.1, 0.15) is 17.2 Å². The van der Waals surface area contributed by atoms with Crippen LogP contribution in [0.2, 0.25) is 0 Å². The molecule has 0 saturated carbocycles. The average molecular weight is 579 g/mol. The summed E-state index contributed by atoms with van der Waals surface area (Å²) in [7, 11) is 1.70. The van der Waals surface area contributed by atoms with Gasteiger partial charge in [-0.25, -0.2) is 0 Å². The van der Waals surface area contributed by atoms with Gasteiger partial charge < -0.3 is 14.6 Å². The monoisotopic (exact) mass is 578 g/mol. The molecule has 0 aliphatic heterocycles. The molecule has 0 heterocycles. The number of aryl methyl sites for hydroxylation is 1. The van der Waals surface area contributed by atoms with Crippen LogP contribution < -0.4 is 9.47 Å². The van der Waals surface area contributed by atoms with Gasteiger partial charge in [0.05, 0.1) is 13.7 Å².